The fourth-order valence-electron chi connectivity index (χ4n) is 2.25. The fraction of sp³-hybridized carbons (Fsp3) is 0.125. The summed E-state index contributed by atoms with van der Waals surface area (Å²) in [6, 6.07) is 7.91. The van der Waals surface area contributed by atoms with Gasteiger partial charge in [0.1, 0.15) is 5.75 Å². The molecule has 2 aromatic carbocycles. The van der Waals surface area contributed by atoms with Gasteiger partial charge in [-0.1, -0.05) is 6.07 Å². The van der Waals surface area contributed by atoms with E-state index in [-0.39, 0.29) is 35.2 Å². The summed E-state index contributed by atoms with van der Waals surface area (Å²) in [6.45, 7) is -0.499. The van der Waals surface area contributed by atoms with E-state index in [9.17, 15) is 25.0 Å². The molecule has 2 aromatic rings. The SMILES string of the molecule is O=C(COc1cccc([N+](=O)[O-])c1)N/N=C\c1cc2c(cc1[N+](=O)[O-])OCO2. The molecule has 1 amide bonds. The molecule has 28 heavy (non-hydrogen) atoms. The molecule has 1 aliphatic rings. The second-order valence-corrected chi connectivity index (χ2v) is 5.36. The minimum Gasteiger partial charge on any atom is -0.483 e. The highest BCUT2D eigenvalue weighted by atomic mass is 16.7. The summed E-state index contributed by atoms with van der Waals surface area (Å²) in [5.74, 6) is 0.0523. The topological polar surface area (TPSA) is 155 Å². The van der Waals surface area contributed by atoms with Crippen LogP contribution in [0.25, 0.3) is 0 Å². The first kappa shape index (κ1) is 18.6. The third-order valence-electron chi connectivity index (χ3n) is 3.51. The molecule has 0 aliphatic carbocycles. The van der Waals surface area contributed by atoms with Crippen molar-refractivity contribution in [2.24, 2.45) is 5.10 Å². The van der Waals surface area contributed by atoms with Gasteiger partial charge in [-0.15, -0.1) is 0 Å². The van der Waals surface area contributed by atoms with Crippen molar-refractivity contribution in [3.05, 3.63) is 62.2 Å². The van der Waals surface area contributed by atoms with Crippen LogP contribution in [0.4, 0.5) is 11.4 Å². The molecule has 0 aromatic heterocycles. The van der Waals surface area contributed by atoms with Crippen molar-refractivity contribution < 1.29 is 28.9 Å². The van der Waals surface area contributed by atoms with Gasteiger partial charge in [-0.3, -0.25) is 25.0 Å². The van der Waals surface area contributed by atoms with Crippen LogP contribution in [-0.4, -0.2) is 35.4 Å². The molecule has 12 nitrogen and oxygen atoms in total. The Kier molecular flexibility index (Phi) is 5.30. The molecule has 1 N–H and O–H groups in total. The summed E-state index contributed by atoms with van der Waals surface area (Å²) in [6.07, 6.45) is 1.09. The van der Waals surface area contributed by atoms with Crippen molar-refractivity contribution in [3.63, 3.8) is 0 Å². The quantitative estimate of drug-likeness (QED) is 0.427. The fourth-order valence-corrected chi connectivity index (χ4v) is 2.25. The van der Waals surface area contributed by atoms with E-state index < -0.39 is 22.4 Å². The number of rotatable bonds is 7. The highest BCUT2D eigenvalue weighted by molar-refractivity contribution is 5.88. The maximum atomic E-state index is 11.8. The molecular weight excluding hydrogens is 376 g/mol. The van der Waals surface area contributed by atoms with Crippen LogP contribution in [-0.2, 0) is 4.79 Å². The number of nitro groups is 2. The molecule has 0 radical (unpaired) electrons. The largest absolute Gasteiger partial charge is 0.483 e. The molecule has 0 saturated heterocycles. The number of hydrogen-bond donors (Lipinski definition) is 1. The molecular formula is C16H12N4O8. The van der Waals surface area contributed by atoms with E-state index in [0.29, 0.717) is 5.75 Å². The van der Waals surface area contributed by atoms with Crippen LogP contribution >= 0.6 is 0 Å². The minimum atomic E-state index is -0.661. The van der Waals surface area contributed by atoms with Gasteiger partial charge in [0.15, 0.2) is 18.1 Å². The lowest BCUT2D eigenvalue weighted by molar-refractivity contribution is -0.385. The number of fused-ring (bicyclic) bond motifs is 1. The van der Waals surface area contributed by atoms with E-state index in [1.54, 1.807) is 0 Å². The van der Waals surface area contributed by atoms with Crippen molar-refractivity contribution in [2.75, 3.05) is 13.4 Å². The van der Waals surface area contributed by atoms with Gasteiger partial charge in [0, 0.05) is 6.07 Å². The molecule has 0 atom stereocenters. The summed E-state index contributed by atoms with van der Waals surface area (Å²) in [5.41, 5.74) is 1.81. The molecule has 3 rings (SSSR count). The first-order chi connectivity index (χ1) is 13.4. The highest BCUT2D eigenvalue weighted by Crippen LogP contribution is 2.37. The Labute approximate surface area is 156 Å². The van der Waals surface area contributed by atoms with Gasteiger partial charge in [0.2, 0.25) is 6.79 Å². The average molecular weight is 388 g/mol. The standard InChI is InChI=1S/C16H12N4O8/c21-16(8-26-12-3-1-2-11(5-12)19(22)23)18-17-7-10-4-14-15(28-9-27-14)6-13(10)20(24)25/h1-7H,8-9H2,(H,18,21)/b17-7-. The molecule has 0 saturated carbocycles. The first-order valence-corrected chi connectivity index (χ1v) is 7.71. The number of nitro benzene ring substituents is 2. The number of hydrazone groups is 1. The number of carbonyl (C=O) groups is 1. The molecule has 1 heterocycles. The van der Waals surface area contributed by atoms with E-state index in [4.69, 9.17) is 14.2 Å². The van der Waals surface area contributed by atoms with E-state index in [1.807, 2.05) is 0 Å². The molecule has 0 fully saturated rings. The van der Waals surface area contributed by atoms with E-state index in [0.717, 1.165) is 6.21 Å². The Bertz CT molecular complexity index is 975. The van der Waals surface area contributed by atoms with Crippen molar-refractivity contribution in [3.8, 4) is 17.2 Å². The van der Waals surface area contributed by atoms with Crippen molar-refractivity contribution >= 4 is 23.5 Å². The number of nitrogens with zero attached hydrogens (tertiary/aromatic N) is 3. The molecule has 0 spiro atoms. The second kappa shape index (κ2) is 7.99. The van der Waals surface area contributed by atoms with Crippen LogP contribution in [0.3, 0.4) is 0 Å². The number of non-ortho nitro benzene ring substituents is 1. The first-order valence-electron chi connectivity index (χ1n) is 7.71. The summed E-state index contributed by atoms with van der Waals surface area (Å²) in [4.78, 5) is 32.4. The molecule has 0 bridgehead atoms. The number of hydrogen-bond acceptors (Lipinski definition) is 9. The maximum absolute atomic E-state index is 11.8. The predicted molar refractivity (Wildman–Crippen MR) is 93.5 cm³/mol. The Balaban J connectivity index is 1.60. The van der Waals surface area contributed by atoms with Crippen LogP contribution in [0.5, 0.6) is 17.2 Å². The normalized spacial score (nSPS) is 12.0. The van der Waals surface area contributed by atoms with Gasteiger partial charge >= 0.3 is 0 Å². The summed E-state index contributed by atoms with van der Waals surface area (Å²) in [7, 11) is 0. The van der Waals surface area contributed by atoms with E-state index in [1.165, 1.54) is 36.4 Å². The van der Waals surface area contributed by atoms with Crippen LogP contribution in [0, 0.1) is 20.2 Å². The third-order valence-corrected chi connectivity index (χ3v) is 3.51. The Hall–Kier alpha value is -4.22. The van der Waals surface area contributed by atoms with Crippen LogP contribution in [0.1, 0.15) is 5.56 Å². The number of carbonyl (C=O) groups excluding carboxylic acids is 1. The summed E-state index contributed by atoms with van der Waals surface area (Å²) >= 11 is 0. The van der Waals surface area contributed by atoms with Gasteiger partial charge in [0.25, 0.3) is 17.3 Å². The Morgan fingerprint density at radius 2 is 1.93 bits per heavy atom. The third kappa shape index (κ3) is 4.30. The molecule has 12 heteroatoms. The van der Waals surface area contributed by atoms with Crippen LogP contribution in [0.2, 0.25) is 0 Å². The summed E-state index contributed by atoms with van der Waals surface area (Å²) in [5, 5.41) is 25.5. The Morgan fingerprint density at radius 3 is 2.64 bits per heavy atom. The second-order valence-electron chi connectivity index (χ2n) is 5.36. The number of nitrogens with one attached hydrogen (secondary N) is 1. The zero-order chi connectivity index (χ0) is 20.1. The monoisotopic (exact) mass is 388 g/mol. The average Bonchev–Trinajstić information content (AvgIpc) is 3.13. The minimum absolute atomic E-state index is 0.0429. The van der Waals surface area contributed by atoms with Gasteiger partial charge in [-0.2, -0.15) is 5.10 Å². The maximum Gasteiger partial charge on any atom is 0.282 e. The van der Waals surface area contributed by atoms with Gasteiger partial charge in [-0.05, 0) is 12.1 Å². The molecule has 1 aliphatic heterocycles. The van der Waals surface area contributed by atoms with Gasteiger partial charge in [-0.25, -0.2) is 5.43 Å². The van der Waals surface area contributed by atoms with Crippen molar-refractivity contribution in [1.82, 2.24) is 5.43 Å². The lowest BCUT2D eigenvalue weighted by atomic mass is 10.1. The van der Waals surface area contributed by atoms with Gasteiger partial charge in [0.05, 0.1) is 33.8 Å². The lowest BCUT2D eigenvalue weighted by Gasteiger charge is -2.04. The highest BCUT2D eigenvalue weighted by Gasteiger charge is 2.22. The van der Waals surface area contributed by atoms with Crippen molar-refractivity contribution in [1.29, 1.82) is 0 Å². The van der Waals surface area contributed by atoms with Gasteiger partial charge < -0.3 is 14.2 Å². The zero-order valence-electron chi connectivity index (χ0n) is 14.1. The smallest absolute Gasteiger partial charge is 0.282 e. The Morgan fingerprint density at radius 1 is 1.18 bits per heavy atom. The molecule has 144 valence electrons. The lowest BCUT2D eigenvalue weighted by Crippen LogP contribution is -2.24. The summed E-state index contributed by atoms with van der Waals surface area (Å²) < 4.78 is 15.4. The molecule has 0 unspecified atom stereocenters. The van der Waals surface area contributed by atoms with Crippen LogP contribution < -0.4 is 19.6 Å². The van der Waals surface area contributed by atoms with E-state index in [2.05, 4.69) is 10.5 Å². The van der Waals surface area contributed by atoms with Crippen molar-refractivity contribution in [2.45, 2.75) is 0 Å². The number of benzene rings is 2. The van der Waals surface area contributed by atoms with E-state index >= 15 is 0 Å². The number of ether oxygens (including phenoxy) is 3. The zero-order valence-corrected chi connectivity index (χ0v) is 14.1. The number of amides is 1. The van der Waals surface area contributed by atoms with Crippen LogP contribution in [0.15, 0.2) is 41.5 Å². The predicted octanol–water partition coefficient (Wildman–Crippen LogP) is 1.76.